The van der Waals surface area contributed by atoms with E-state index in [4.69, 9.17) is 0 Å². The summed E-state index contributed by atoms with van der Waals surface area (Å²) >= 11 is 0. The van der Waals surface area contributed by atoms with Crippen molar-refractivity contribution < 1.29 is 45.1 Å². The van der Waals surface area contributed by atoms with Gasteiger partial charge in [0.25, 0.3) is 5.91 Å². The molecule has 0 aliphatic rings. The number of benzene rings is 2. The van der Waals surface area contributed by atoms with Gasteiger partial charge in [-0.25, -0.2) is 22.5 Å². The Kier molecular flexibility index (Phi) is 9.35. The van der Waals surface area contributed by atoms with Gasteiger partial charge in [0.15, 0.2) is 11.6 Å². The molecule has 0 bridgehead atoms. The van der Waals surface area contributed by atoms with Crippen molar-refractivity contribution in [3.05, 3.63) is 88.4 Å². The molecular weight excluding hydrogens is 549 g/mol. The fourth-order valence-electron chi connectivity index (χ4n) is 3.49. The molecule has 0 atom stereocenters. The second-order valence-electron chi connectivity index (χ2n) is 8.16. The van der Waals surface area contributed by atoms with Crippen molar-refractivity contribution in [3.8, 4) is 5.75 Å². The first-order valence-corrected chi connectivity index (χ1v) is 11.5. The molecule has 0 fully saturated rings. The van der Waals surface area contributed by atoms with E-state index in [9.17, 15) is 35.9 Å². The van der Waals surface area contributed by atoms with Gasteiger partial charge in [-0.05, 0) is 42.3 Å². The number of ether oxygens (including phenoxy) is 1. The lowest BCUT2D eigenvalue weighted by atomic mass is 9.98. The van der Waals surface area contributed by atoms with E-state index in [0.29, 0.717) is 24.3 Å². The van der Waals surface area contributed by atoms with Crippen LogP contribution < -0.4 is 15.4 Å². The molecule has 3 rings (SSSR count). The largest absolute Gasteiger partial charge is 0.573 e. The molecule has 14 heteroatoms. The van der Waals surface area contributed by atoms with Gasteiger partial charge in [0.2, 0.25) is 5.91 Å². The number of hydrogen-bond donors (Lipinski definition) is 3. The quantitative estimate of drug-likeness (QED) is 0.161. The summed E-state index contributed by atoms with van der Waals surface area (Å²) in [6.45, 7) is 2.20. The number of H-pyrrole nitrogens is 1. The van der Waals surface area contributed by atoms with E-state index in [1.54, 1.807) is 6.92 Å². The maximum atomic E-state index is 15.4. The number of amides is 2. The van der Waals surface area contributed by atoms with Crippen LogP contribution in [0.5, 0.6) is 5.75 Å². The lowest BCUT2D eigenvalue weighted by molar-refractivity contribution is -0.274. The fourth-order valence-corrected chi connectivity index (χ4v) is 3.49. The zero-order valence-electron chi connectivity index (χ0n) is 20.9. The molecular formula is C26H21F7N4O3. The van der Waals surface area contributed by atoms with Crippen LogP contribution in [-0.2, 0) is 11.3 Å². The van der Waals surface area contributed by atoms with Crippen LogP contribution in [0.4, 0.5) is 36.6 Å². The van der Waals surface area contributed by atoms with Crippen LogP contribution in [0.15, 0.2) is 42.6 Å². The highest BCUT2D eigenvalue weighted by Gasteiger charge is 2.31. The first kappa shape index (κ1) is 29.9. The summed E-state index contributed by atoms with van der Waals surface area (Å²) in [5.74, 6) is -7.57. The highest BCUT2D eigenvalue weighted by Crippen LogP contribution is 2.29. The van der Waals surface area contributed by atoms with Gasteiger partial charge in [0.1, 0.15) is 29.0 Å². The van der Waals surface area contributed by atoms with E-state index in [2.05, 4.69) is 25.3 Å². The molecule has 0 saturated heterocycles. The van der Waals surface area contributed by atoms with Crippen molar-refractivity contribution in [1.82, 2.24) is 15.3 Å². The monoisotopic (exact) mass is 570 g/mol. The predicted octanol–water partition coefficient (Wildman–Crippen LogP) is 6.26. The van der Waals surface area contributed by atoms with E-state index < -0.39 is 64.5 Å². The molecule has 7 nitrogen and oxygen atoms in total. The highest BCUT2D eigenvalue weighted by molar-refractivity contribution is 5.96. The summed E-state index contributed by atoms with van der Waals surface area (Å²) in [6.07, 6.45) is 0.370. The molecule has 0 saturated carbocycles. The molecule has 1 heterocycles. The molecule has 0 radical (unpaired) electrons. The van der Waals surface area contributed by atoms with Gasteiger partial charge in [-0.15, -0.1) is 13.2 Å². The topological polar surface area (TPSA) is 96.1 Å². The molecule has 40 heavy (non-hydrogen) atoms. The molecule has 0 spiro atoms. The van der Waals surface area contributed by atoms with E-state index >= 15 is 4.39 Å². The van der Waals surface area contributed by atoms with E-state index in [-0.39, 0.29) is 29.5 Å². The fraction of sp³-hybridized carbons (Fsp3) is 0.192. The molecule has 3 N–H and O–H groups in total. The minimum absolute atomic E-state index is 0.147. The van der Waals surface area contributed by atoms with Gasteiger partial charge < -0.3 is 20.4 Å². The van der Waals surface area contributed by atoms with Gasteiger partial charge in [-0.1, -0.05) is 19.1 Å². The zero-order chi connectivity index (χ0) is 29.6. The number of hydrogen-bond acceptors (Lipinski definition) is 4. The molecule has 0 unspecified atom stereocenters. The van der Waals surface area contributed by atoms with Crippen LogP contribution in [0.3, 0.4) is 0 Å². The van der Waals surface area contributed by atoms with Gasteiger partial charge in [-0.2, -0.15) is 0 Å². The number of nitrogens with one attached hydrogen (secondary N) is 3. The van der Waals surface area contributed by atoms with Crippen LogP contribution in [0.2, 0.25) is 0 Å². The number of imidazole rings is 1. The van der Waals surface area contributed by atoms with E-state index in [0.717, 1.165) is 0 Å². The average molecular weight is 570 g/mol. The van der Waals surface area contributed by atoms with Gasteiger partial charge in [-0.3, -0.25) is 9.59 Å². The number of halogens is 7. The number of carbonyl (C=O) groups is 2. The van der Waals surface area contributed by atoms with Crippen molar-refractivity contribution in [3.63, 3.8) is 0 Å². The van der Waals surface area contributed by atoms with E-state index in [1.165, 1.54) is 31.3 Å². The number of allylic oxidation sites excluding steroid dienone is 3. The number of anilines is 1. The average Bonchev–Trinajstić information content (AvgIpc) is 3.30. The molecule has 2 amide bonds. The van der Waals surface area contributed by atoms with Crippen molar-refractivity contribution in [1.29, 1.82) is 0 Å². The maximum Gasteiger partial charge on any atom is 0.573 e. The minimum Gasteiger partial charge on any atom is -0.406 e. The highest BCUT2D eigenvalue weighted by atomic mass is 19.4. The number of aromatic amines is 1. The van der Waals surface area contributed by atoms with Gasteiger partial charge in [0.05, 0.1) is 17.3 Å². The Bertz CT molecular complexity index is 1480. The minimum atomic E-state index is -5.05. The van der Waals surface area contributed by atoms with Crippen LogP contribution in [-0.4, -0.2) is 28.1 Å². The van der Waals surface area contributed by atoms with E-state index in [1.807, 2.05) is 0 Å². The van der Waals surface area contributed by atoms with Crippen LogP contribution in [0, 0.1) is 23.3 Å². The summed E-state index contributed by atoms with van der Waals surface area (Å²) in [5.41, 5.74) is -2.39. The Morgan fingerprint density at radius 3 is 2.45 bits per heavy atom. The summed E-state index contributed by atoms with van der Waals surface area (Å²) in [7, 11) is 0. The Balaban J connectivity index is 1.89. The van der Waals surface area contributed by atoms with Crippen molar-refractivity contribution in [2.24, 2.45) is 0 Å². The van der Waals surface area contributed by atoms with Gasteiger partial charge >= 0.3 is 6.36 Å². The summed E-state index contributed by atoms with van der Waals surface area (Å²) in [5, 5.41) is 4.53. The molecule has 1 aromatic heterocycles. The number of rotatable bonds is 9. The molecule has 0 aliphatic heterocycles. The Hall–Kier alpha value is -4.62. The number of nitrogens with zero attached hydrogens (tertiary/aromatic N) is 1. The van der Waals surface area contributed by atoms with Gasteiger partial charge in [0, 0.05) is 19.0 Å². The smallest absolute Gasteiger partial charge is 0.406 e. The summed E-state index contributed by atoms with van der Waals surface area (Å²) in [4.78, 5) is 30.5. The van der Waals surface area contributed by atoms with Crippen molar-refractivity contribution in [2.45, 2.75) is 33.2 Å². The second-order valence-corrected chi connectivity index (χ2v) is 8.16. The molecule has 212 valence electrons. The normalized spacial score (nSPS) is 12.1. The van der Waals surface area contributed by atoms with Crippen LogP contribution in [0.1, 0.15) is 47.6 Å². The zero-order valence-corrected chi connectivity index (χ0v) is 20.9. The molecule has 2 aromatic carbocycles. The lowest BCUT2D eigenvalue weighted by Gasteiger charge is -2.13. The maximum absolute atomic E-state index is 15.4. The van der Waals surface area contributed by atoms with Crippen molar-refractivity contribution >= 4 is 29.3 Å². The Morgan fingerprint density at radius 2 is 1.80 bits per heavy atom. The third kappa shape index (κ3) is 7.71. The lowest BCUT2D eigenvalue weighted by Crippen LogP contribution is -2.25. The first-order chi connectivity index (χ1) is 18.8. The number of carbonyl (C=O) groups excluding carboxylic acids is 2. The third-order valence-electron chi connectivity index (χ3n) is 5.13. The summed E-state index contributed by atoms with van der Waals surface area (Å²) < 4.78 is 99.9. The first-order valence-electron chi connectivity index (χ1n) is 11.5. The van der Waals surface area contributed by atoms with Crippen molar-refractivity contribution in [2.75, 3.05) is 5.32 Å². The van der Waals surface area contributed by atoms with Crippen LogP contribution >= 0.6 is 0 Å². The van der Waals surface area contributed by atoms with Crippen LogP contribution in [0.25, 0.3) is 11.6 Å². The Labute approximate surface area is 222 Å². The Morgan fingerprint density at radius 1 is 1.07 bits per heavy atom. The predicted molar refractivity (Wildman–Crippen MR) is 131 cm³/mol. The standard InChI is InChI=1S/C26H21F7N4O3/c1-3-4-14(5-8-20-34-12-21(37-20)36-13(2)38)22-23(29)17(10-19(28)24(22)30)25(39)35-11-15-9-16(6-7-18(15)27)40-26(31,32)33/h4-10,12H,3,11H2,1-2H3,(H,34,37)(H,35,39)(H,36,38)/b8-5-,14-4-. The third-order valence-corrected chi connectivity index (χ3v) is 5.13. The SMILES string of the molecule is CC/C=C(/C=C\c1ncc(NC(C)=O)[nH]1)c1c(F)c(F)cc(C(=O)NCc2cc(OC(F)(F)F)ccc2F)c1F. The molecule has 0 aliphatic carbocycles. The number of alkyl halides is 3. The number of aromatic nitrogens is 2. The second kappa shape index (κ2) is 12.5. The molecule has 3 aromatic rings. The summed E-state index contributed by atoms with van der Waals surface area (Å²) in [6, 6.07) is 2.37.